The molecule has 0 atom stereocenters. The van der Waals surface area contributed by atoms with Gasteiger partial charge in [0, 0.05) is 41.8 Å². The first-order valence-electron chi connectivity index (χ1n) is 8.65. The van der Waals surface area contributed by atoms with E-state index in [1.54, 1.807) is 0 Å². The summed E-state index contributed by atoms with van der Waals surface area (Å²) in [5.41, 5.74) is 4.36. The van der Waals surface area contributed by atoms with Crippen LogP contribution in [-0.2, 0) is 17.9 Å². The number of halogens is 1. The van der Waals surface area contributed by atoms with Crippen LogP contribution in [0.1, 0.15) is 42.8 Å². The lowest BCUT2D eigenvalue weighted by Crippen LogP contribution is -2.32. The molecule has 1 amide bonds. The maximum atomic E-state index is 11.7. The van der Waals surface area contributed by atoms with E-state index in [1.165, 1.54) is 5.56 Å². The Kier molecular flexibility index (Phi) is 7.02. The van der Waals surface area contributed by atoms with Crippen molar-refractivity contribution in [3.05, 3.63) is 51.8 Å². The predicted molar refractivity (Wildman–Crippen MR) is 102 cm³/mol. The molecule has 2 aromatic rings. The SMILES string of the molecule is Cc1nn(Cc2ccccc2Cl)c(C)c1CNCCC(=O)NC(C)C. The molecular weight excluding hydrogens is 336 g/mol. The molecule has 5 nitrogen and oxygen atoms in total. The van der Waals surface area contributed by atoms with Gasteiger partial charge in [-0.05, 0) is 39.3 Å². The van der Waals surface area contributed by atoms with Crippen LogP contribution in [0.3, 0.4) is 0 Å². The van der Waals surface area contributed by atoms with Gasteiger partial charge in [-0.3, -0.25) is 9.48 Å². The number of hydrogen-bond acceptors (Lipinski definition) is 3. The fourth-order valence-electron chi connectivity index (χ4n) is 2.74. The van der Waals surface area contributed by atoms with Crippen LogP contribution in [0, 0.1) is 13.8 Å². The second-order valence-corrected chi connectivity index (χ2v) is 6.95. The minimum Gasteiger partial charge on any atom is -0.354 e. The molecule has 0 aliphatic rings. The number of amides is 1. The Morgan fingerprint density at radius 1 is 1.28 bits per heavy atom. The number of carbonyl (C=O) groups is 1. The standard InChI is InChI=1S/C19H27ClN4O/c1-13(2)22-19(25)9-10-21-11-17-14(3)23-24(15(17)4)12-16-7-5-6-8-18(16)20/h5-8,13,21H,9-12H2,1-4H3,(H,22,25). The Balaban J connectivity index is 1.93. The van der Waals surface area contributed by atoms with E-state index in [4.69, 9.17) is 11.6 Å². The lowest BCUT2D eigenvalue weighted by Gasteiger charge is -2.09. The molecule has 0 unspecified atom stereocenters. The van der Waals surface area contributed by atoms with Crippen LogP contribution in [0.15, 0.2) is 24.3 Å². The maximum absolute atomic E-state index is 11.7. The Morgan fingerprint density at radius 3 is 2.68 bits per heavy atom. The zero-order chi connectivity index (χ0) is 18.4. The number of hydrogen-bond donors (Lipinski definition) is 2. The van der Waals surface area contributed by atoms with Crippen molar-refractivity contribution in [2.45, 2.75) is 53.2 Å². The van der Waals surface area contributed by atoms with Crippen LogP contribution >= 0.6 is 11.6 Å². The largest absolute Gasteiger partial charge is 0.354 e. The second kappa shape index (κ2) is 9.02. The monoisotopic (exact) mass is 362 g/mol. The molecule has 0 bridgehead atoms. The molecule has 0 aliphatic carbocycles. The number of nitrogens with zero attached hydrogens (tertiary/aromatic N) is 2. The van der Waals surface area contributed by atoms with Gasteiger partial charge in [0.25, 0.3) is 0 Å². The van der Waals surface area contributed by atoms with Crippen LogP contribution in [0.2, 0.25) is 5.02 Å². The molecule has 1 aromatic heterocycles. The Morgan fingerprint density at radius 2 is 2.00 bits per heavy atom. The Hall–Kier alpha value is -1.85. The molecule has 0 saturated carbocycles. The van der Waals surface area contributed by atoms with Crippen LogP contribution in [0.4, 0.5) is 0 Å². The molecule has 6 heteroatoms. The predicted octanol–water partition coefficient (Wildman–Crippen LogP) is 3.21. The Bertz CT molecular complexity index is 724. The van der Waals surface area contributed by atoms with Crippen molar-refractivity contribution in [3.63, 3.8) is 0 Å². The second-order valence-electron chi connectivity index (χ2n) is 6.55. The molecule has 2 rings (SSSR count). The summed E-state index contributed by atoms with van der Waals surface area (Å²) in [6.07, 6.45) is 0.476. The molecule has 25 heavy (non-hydrogen) atoms. The van der Waals surface area contributed by atoms with E-state index in [0.717, 1.165) is 22.0 Å². The van der Waals surface area contributed by atoms with Gasteiger partial charge in [0.2, 0.25) is 5.91 Å². The highest BCUT2D eigenvalue weighted by molar-refractivity contribution is 6.31. The molecule has 136 valence electrons. The normalized spacial score (nSPS) is 11.1. The van der Waals surface area contributed by atoms with E-state index in [0.29, 0.717) is 26.1 Å². The fourth-order valence-corrected chi connectivity index (χ4v) is 2.94. The molecule has 0 aliphatic heterocycles. The molecule has 1 heterocycles. The van der Waals surface area contributed by atoms with E-state index >= 15 is 0 Å². The summed E-state index contributed by atoms with van der Waals surface area (Å²) in [6, 6.07) is 8.01. The molecular formula is C19H27ClN4O. The van der Waals surface area contributed by atoms with Gasteiger partial charge in [-0.15, -0.1) is 0 Å². The molecule has 0 spiro atoms. The Labute approximate surface area is 154 Å². The van der Waals surface area contributed by atoms with Gasteiger partial charge in [0.15, 0.2) is 0 Å². The first kappa shape index (κ1) is 19.5. The third kappa shape index (κ3) is 5.58. The van der Waals surface area contributed by atoms with E-state index < -0.39 is 0 Å². The van der Waals surface area contributed by atoms with Crippen LogP contribution < -0.4 is 10.6 Å². The van der Waals surface area contributed by atoms with Gasteiger partial charge in [0.05, 0.1) is 12.2 Å². The summed E-state index contributed by atoms with van der Waals surface area (Å²) >= 11 is 6.25. The highest BCUT2D eigenvalue weighted by atomic mass is 35.5. The van der Waals surface area contributed by atoms with Crippen molar-refractivity contribution in [3.8, 4) is 0 Å². The molecule has 0 fully saturated rings. The summed E-state index contributed by atoms with van der Waals surface area (Å²) < 4.78 is 1.99. The van der Waals surface area contributed by atoms with E-state index in [1.807, 2.05) is 49.7 Å². The number of rotatable bonds is 8. The van der Waals surface area contributed by atoms with Gasteiger partial charge in [0.1, 0.15) is 0 Å². The third-order valence-electron chi connectivity index (χ3n) is 4.09. The van der Waals surface area contributed by atoms with E-state index in [-0.39, 0.29) is 11.9 Å². The number of benzene rings is 1. The van der Waals surface area contributed by atoms with Crippen LogP contribution in [0.25, 0.3) is 0 Å². The molecule has 2 N–H and O–H groups in total. The summed E-state index contributed by atoms with van der Waals surface area (Å²) in [4.78, 5) is 11.7. The van der Waals surface area contributed by atoms with Crippen LogP contribution in [-0.4, -0.2) is 28.3 Å². The quantitative estimate of drug-likeness (QED) is 0.709. The molecule has 0 saturated heterocycles. The van der Waals surface area contributed by atoms with Crippen molar-refractivity contribution in [2.75, 3.05) is 6.54 Å². The van der Waals surface area contributed by atoms with Gasteiger partial charge in [-0.2, -0.15) is 5.10 Å². The number of carbonyl (C=O) groups excluding carboxylic acids is 1. The summed E-state index contributed by atoms with van der Waals surface area (Å²) in [5.74, 6) is 0.0744. The van der Waals surface area contributed by atoms with Crippen LogP contribution in [0.5, 0.6) is 0 Å². The average molecular weight is 363 g/mol. The fraction of sp³-hybridized carbons (Fsp3) is 0.474. The van der Waals surface area contributed by atoms with Crippen molar-refractivity contribution in [2.24, 2.45) is 0 Å². The van der Waals surface area contributed by atoms with Gasteiger partial charge in [-0.25, -0.2) is 0 Å². The highest BCUT2D eigenvalue weighted by Crippen LogP contribution is 2.19. The minimum atomic E-state index is 0.0744. The lowest BCUT2D eigenvalue weighted by atomic mass is 10.2. The minimum absolute atomic E-state index is 0.0744. The topological polar surface area (TPSA) is 59.0 Å². The number of nitrogens with one attached hydrogen (secondary N) is 2. The van der Waals surface area contributed by atoms with Crippen molar-refractivity contribution in [1.82, 2.24) is 20.4 Å². The number of aromatic nitrogens is 2. The molecule has 1 aromatic carbocycles. The lowest BCUT2D eigenvalue weighted by molar-refractivity contribution is -0.121. The van der Waals surface area contributed by atoms with Gasteiger partial charge < -0.3 is 10.6 Å². The highest BCUT2D eigenvalue weighted by Gasteiger charge is 2.12. The van der Waals surface area contributed by atoms with Crippen molar-refractivity contribution < 1.29 is 4.79 Å². The molecule has 0 radical (unpaired) electrons. The first-order chi connectivity index (χ1) is 11.9. The zero-order valence-electron chi connectivity index (χ0n) is 15.4. The first-order valence-corrected chi connectivity index (χ1v) is 9.02. The van der Waals surface area contributed by atoms with E-state index in [9.17, 15) is 4.79 Å². The van der Waals surface area contributed by atoms with E-state index in [2.05, 4.69) is 22.7 Å². The summed E-state index contributed by atoms with van der Waals surface area (Å²) in [6.45, 7) is 10.0. The zero-order valence-corrected chi connectivity index (χ0v) is 16.2. The maximum Gasteiger partial charge on any atom is 0.221 e. The van der Waals surface area contributed by atoms with Gasteiger partial charge >= 0.3 is 0 Å². The summed E-state index contributed by atoms with van der Waals surface area (Å²) in [5, 5.41) is 11.6. The summed E-state index contributed by atoms with van der Waals surface area (Å²) in [7, 11) is 0. The van der Waals surface area contributed by atoms with Crippen molar-refractivity contribution >= 4 is 17.5 Å². The smallest absolute Gasteiger partial charge is 0.221 e. The average Bonchev–Trinajstić information content (AvgIpc) is 2.80. The van der Waals surface area contributed by atoms with Gasteiger partial charge in [-0.1, -0.05) is 29.8 Å². The van der Waals surface area contributed by atoms with Crippen molar-refractivity contribution in [1.29, 1.82) is 0 Å². The number of aryl methyl sites for hydroxylation is 1. The third-order valence-corrected chi connectivity index (χ3v) is 4.46.